The Morgan fingerprint density at radius 1 is 1.12 bits per heavy atom. The van der Waals surface area contributed by atoms with Crippen LogP contribution >= 0.6 is 11.6 Å². The zero-order valence-corrected chi connectivity index (χ0v) is 19.6. The Hall–Kier alpha value is -3.39. The van der Waals surface area contributed by atoms with E-state index in [1.807, 2.05) is 0 Å². The maximum atomic E-state index is 13.8. The third-order valence-electron chi connectivity index (χ3n) is 6.11. The van der Waals surface area contributed by atoms with Crippen LogP contribution in [-0.2, 0) is 13.0 Å². The Kier molecular flexibility index (Phi) is 6.24. The van der Waals surface area contributed by atoms with E-state index in [1.54, 1.807) is 48.2 Å². The highest BCUT2D eigenvalue weighted by Gasteiger charge is 2.28. The average Bonchev–Trinajstić information content (AvgIpc) is 3.36. The van der Waals surface area contributed by atoms with Gasteiger partial charge in [-0.25, -0.2) is 14.2 Å². The van der Waals surface area contributed by atoms with Gasteiger partial charge in [-0.15, -0.1) is 0 Å². The molecule has 1 N–H and O–H groups in total. The minimum Gasteiger partial charge on any atom is -0.438 e. The molecule has 2 aliphatic rings. The van der Waals surface area contributed by atoms with Gasteiger partial charge in [-0.1, -0.05) is 17.7 Å². The van der Waals surface area contributed by atoms with Gasteiger partial charge in [-0.3, -0.25) is 0 Å². The Labute approximate surface area is 202 Å². The summed E-state index contributed by atoms with van der Waals surface area (Å²) in [6.07, 6.45) is 2.79. The number of fused-ring (bicyclic) bond motifs is 1. The highest BCUT2D eigenvalue weighted by Crippen LogP contribution is 2.33. The molecule has 176 valence electrons. The number of aryl methyl sites for hydroxylation is 1. The van der Waals surface area contributed by atoms with Gasteiger partial charge >= 0.3 is 6.03 Å². The van der Waals surface area contributed by atoms with E-state index in [-0.39, 0.29) is 11.8 Å². The van der Waals surface area contributed by atoms with Crippen molar-refractivity contribution in [3.8, 4) is 11.6 Å². The fraction of sp³-hybridized carbons (Fsp3) is 0.320. The Morgan fingerprint density at radius 2 is 1.94 bits per heavy atom. The smallest absolute Gasteiger partial charge is 0.322 e. The van der Waals surface area contributed by atoms with Gasteiger partial charge in [0.05, 0.1) is 17.8 Å². The molecule has 3 aromatic rings. The van der Waals surface area contributed by atoms with Gasteiger partial charge in [0.15, 0.2) is 0 Å². The number of carbonyl (C=O) groups is 1. The number of hydrogen-bond donors (Lipinski definition) is 1. The lowest BCUT2D eigenvalue weighted by atomic mass is 10.1. The molecular weight excluding hydrogens is 457 g/mol. The molecule has 7 nitrogen and oxygen atoms in total. The van der Waals surface area contributed by atoms with E-state index in [1.165, 1.54) is 6.07 Å². The summed E-state index contributed by atoms with van der Waals surface area (Å²) >= 11 is 6.04. The van der Waals surface area contributed by atoms with Crippen molar-refractivity contribution in [1.82, 2.24) is 14.9 Å². The van der Waals surface area contributed by atoms with Crippen molar-refractivity contribution in [3.63, 3.8) is 0 Å². The van der Waals surface area contributed by atoms with Crippen LogP contribution in [0.4, 0.5) is 20.8 Å². The van der Waals surface area contributed by atoms with Crippen LogP contribution in [0.5, 0.6) is 11.6 Å². The lowest BCUT2D eigenvalue weighted by Crippen LogP contribution is -2.39. The van der Waals surface area contributed by atoms with Crippen LogP contribution in [0.15, 0.2) is 42.5 Å². The number of nitrogens with one attached hydrogen (secondary N) is 1. The summed E-state index contributed by atoms with van der Waals surface area (Å²) in [5.41, 5.74) is 2.75. The van der Waals surface area contributed by atoms with Crippen molar-refractivity contribution in [3.05, 3.63) is 70.1 Å². The number of benzene rings is 2. The minimum atomic E-state index is -0.293. The summed E-state index contributed by atoms with van der Waals surface area (Å²) in [5.74, 6) is 1.24. The molecule has 2 aromatic carbocycles. The summed E-state index contributed by atoms with van der Waals surface area (Å²) in [7, 11) is 0. The molecule has 0 saturated carbocycles. The lowest BCUT2D eigenvalue weighted by molar-refractivity contribution is 0.205. The van der Waals surface area contributed by atoms with Crippen molar-refractivity contribution in [1.29, 1.82) is 0 Å². The molecule has 34 heavy (non-hydrogen) atoms. The van der Waals surface area contributed by atoms with Crippen LogP contribution in [0, 0.1) is 12.7 Å². The number of anilines is 2. The van der Waals surface area contributed by atoms with Crippen LogP contribution in [0.1, 0.15) is 29.7 Å². The monoisotopic (exact) mass is 481 g/mol. The molecule has 0 aliphatic carbocycles. The maximum absolute atomic E-state index is 13.8. The van der Waals surface area contributed by atoms with Gasteiger partial charge in [0.25, 0.3) is 0 Å². The van der Waals surface area contributed by atoms with Crippen molar-refractivity contribution in [2.24, 2.45) is 0 Å². The number of carbonyl (C=O) groups excluding carboxylic acids is 1. The predicted molar refractivity (Wildman–Crippen MR) is 129 cm³/mol. The first kappa shape index (κ1) is 22.4. The quantitative estimate of drug-likeness (QED) is 0.528. The van der Waals surface area contributed by atoms with Crippen LogP contribution in [0.3, 0.4) is 0 Å². The van der Waals surface area contributed by atoms with E-state index >= 15 is 0 Å². The van der Waals surface area contributed by atoms with Gasteiger partial charge in [-0.2, -0.15) is 4.98 Å². The van der Waals surface area contributed by atoms with Gasteiger partial charge in [0, 0.05) is 36.8 Å². The zero-order chi connectivity index (χ0) is 23.7. The van der Waals surface area contributed by atoms with E-state index in [0.717, 1.165) is 37.2 Å². The van der Waals surface area contributed by atoms with Crippen LogP contribution in [-0.4, -0.2) is 40.5 Å². The molecule has 0 spiro atoms. The predicted octanol–water partition coefficient (Wildman–Crippen LogP) is 5.56. The van der Waals surface area contributed by atoms with Crippen LogP contribution in [0.25, 0.3) is 0 Å². The van der Waals surface area contributed by atoms with Crippen LogP contribution in [0.2, 0.25) is 5.02 Å². The number of rotatable bonds is 4. The number of aromatic nitrogens is 2. The minimum absolute atomic E-state index is 0.236. The first-order chi connectivity index (χ1) is 16.5. The average molecular weight is 482 g/mol. The second kappa shape index (κ2) is 9.46. The molecule has 2 aliphatic heterocycles. The highest BCUT2D eigenvalue weighted by molar-refractivity contribution is 6.30. The van der Waals surface area contributed by atoms with E-state index in [9.17, 15) is 9.18 Å². The van der Waals surface area contributed by atoms with Gasteiger partial charge in [0.1, 0.15) is 11.6 Å². The molecule has 9 heteroatoms. The standard InChI is InChI=1S/C25H25ClFN5O2/c1-16-13-19(7-8-21(16)27)34-23-20-15-32(25(33)28-18-6-4-5-17(26)14-18)12-9-22(20)29-24(30-23)31-10-2-3-11-31/h4-8,13-14H,2-3,9-12,15H2,1H3,(H,28,33). The summed E-state index contributed by atoms with van der Waals surface area (Å²) in [6, 6.07) is 11.4. The van der Waals surface area contributed by atoms with Crippen molar-refractivity contribution >= 4 is 29.3 Å². The van der Waals surface area contributed by atoms with Gasteiger partial charge in [-0.05, 0) is 61.7 Å². The van der Waals surface area contributed by atoms with Crippen molar-refractivity contribution < 1.29 is 13.9 Å². The Balaban J connectivity index is 1.44. The third-order valence-corrected chi connectivity index (χ3v) is 6.34. The Morgan fingerprint density at radius 3 is 2.71 bits per heavy atom. The van der Waals surface area contributed by atoms with E-state index in [2.05, 4.69) is 10.2 Å². The molecule has 5 rings (SSSR count). The Bertz CT molecular complexity index is 1230. The number of halogens is 2. The number of nitrogens with zero attached hydrogens (tertiary/aromatic N) is 4. The highest BCUT2D eigenvalue weighted by atomic mass is 35.5. The number of ether oxygens (including phenoxy) is 1. The topological polar surface area (TPSA) is 70.6 Å². The third kappa shape index (κ3) is 4.77. The summed E-state index contributed by atoms with van der Waals surface area (Å²) in [5, 5.41) is 3.44. The molecule has 1 aromatic heterocycles. The molecular formula is C25H25ClFN5O2. The summed E-state index contributed by atoms with van der Waals surface area (Å²) < 4.78 is 19.9. The maximum Gasteiger partial charge on any atom is 0.322 e. The number of hydrogen-bond acceptors (Lipinski definition) is 5. The zero-order valence-electron chi connectivity index (χ0n) is 18.9. The van der Waals surface area contributed by atoms with E-state index < -0.39 is 0 Å². The summed E-state index contributed by atoms with van der Waals surface area (Å²) in [4.78, 5) is 26.4. The normalized spacial score (nSPS) is 15.3. The first-order valence-corrected chi connectivity index (χ1v) is 11.7. The number of amides is 2. The van der Waals surface area contributed by atoms with Crippen molar-refractivity contribution in [2.45, 2.75) is 32.7 Å². The molecule has 0 atom stereocenters. The summed E-state index contributed by atoms with van der Waals surface area (Å²) in [6.45, 7) is 4.32. The van der Waals surface area contributed by atoms with Gasteiger partial charge in [0.2, 0.25) is 11.8 Å². The molecule has 0 bridgehead atoms. The van der Waals surface area contributed by atoms with Gasteiger partial charge < -0.3 is 19.9 Å². The lowest BCUT2D eigenvalue weighted by Gasteiger charge is -2.30. The largest absolute Gasteiger partial charge is 0.438 e. The first-order valence-electron chi connectivity index (χ1n) is 11.4. The molecule has 3 heterocycles. The van der Waals surface area contributed by atoms with Crippen molar-refractivity contribution in [2.75, 3.05) is 29.9 Å². The second-order valence-corrected chi connectivity index (χ2v) is 9.01. The fourth-order valence-corrected chi connectivity index (χ4v) is 4.44. The molecule has 2 amide bonds. The van der Waals surface area contributed by atoms with E-state index in [0.29, 0.717) is 53.4 Å². The SMILES string of the molecule is Cc1cc(Oc2nc(N3CCCC3)nc3c2CN(C(=O)Nc2cccc(Cl)c2)CC3)ccc1F. The fourth-order valence-electron chi connectivity index (χ4n) is 4.25. The molecule has 0 unspecified atom stereocenters. The van der Waals surface area contributed by atoms with E-state index in [4.69, 9.17) is 26.3 Å². The number of urea groups is 1. The molecule has 1 fully saturated rings. The van der Waals surface area contributed by atoms with Crippen LogP contribution < -0.4 is 15.0 Å². The molecule has 0 radical (unpaired) electrons. The molecule has 1 saturated heterocycles. The second-order valence-electron chi connectivity index (χ2n) is 8.57.